The second kappa shape index (κ2) is 7.42. The molecule has 3 nitrogen and oxygen atoms in total. The van der Waals surface area contributed by atoms with Crippen LogP contribution < -0.4 is 10.6 Å². The first-order chi connectivity index (χ1) is 10.6. The van der Waals surface area contributed by atoms with Crippen molar-refractivity contribution < 1.29 is 14.5 Å². The fourth-order valence-electron chi connectivity index (χ4n) is 2.67. The van der Waals surface area contributed by atoms with E-state index in [1.165, 1.54) is 0 Å². The van der Waals surface area contributed by atoms with E-state index in [2.05, 4.69) is 0 Å². The Bertz CT molecular complexity index is 609. The van der Waals surface area contributed by atoms with Gasteiger partial charge < -0.3 is 9.67 Å². The summed E-state index contributed by atoms with van der Waals surface area (Å²) in [4.78, 5) is 11.8. The van der Waals surface area contributed by atoms with Crippen molar-refractivity contribution in [3.8, 4) is 0 Å². The zero-order valence-electron chi connectivity index (χ0n) is 12.7. The van der Waals surface area contributed by atoms with Crippen LogP contribution in [0.2, 0.25) is 0 Å². The molecule has 0 aliphatic carbocycles. The number of carboxylic acid groups (broad SMARTS) is 1. The Morgan fingerprint density at radius 1 is 1.00 bits per heavy atom. The van der Waals surface area contributed by atoms with Gasteiger partial charge in [-0.25, -0.2) is 0 Å². The third-order valence-electron chi connectivity index (χ3n) is 3.83. The molecule has 0 aliphatic heterocycles. The molecule has 1 N–H and O–H groups in total. The maximum absolute atomic E-state index is 13.9. The van der Waals surface area contributed by atoms with E-state index in [0.29, 0.717) is 17.0 Å². The SMILES string of the molecule is CCCCC(C(=O)O)P(=O)(c1ccccc1)c1ccccc1. The summed E-state index contributed by atoms with van der Waals surface area (Å²) in [6, 6.07) is 18.0. The third kappa shape index (κ3) is 3.31. The van der Waals surface area contributed by atoms with Crippen LogP contribution in [0, 0.1) is 0 Å². The Morgan fingerprint density at radius 3 is 1.82 bits per heavy atom. The van der Waals surface area contributed by atoms with Crippen molar-refractivity contribution >= 4 is 23.7 Å². The van der Waals surface area contributed by atoms with Crippen LogP contribution in [-0.4, -0.2) is 16.7 Å². The van der Waals surface area contributed by atoms with Gasteiger partial charge in [0.05, 0.1) is 0 Å². The maximum atomic E-state index is 13.9. The molecule has 0 spiro atoms. The molecule has 4 heteroatoms. The molecular formula is C18H21O3P. The summed E-state index contributed by atoms with van der Waals surface area (Å²) in [7, 11) is -3.22. The first-order valence-electron chi connectivity index (χ1n) is 7.54. The largest absolute Gasteiger partial charge is 0.481 e. The molecule has 0 aliphatic rings. The van der Waals surface area contributed by atoms with E-state index < -0.39 is 18.8 Å². The van der Waals surface area contributed by atoms with Crippen LogP contribution in [0.25, 0.3) is 0 Å². The van der Waals surface area contributed by atoms with E-state index in [0.717, 1.165) is 12.8 Å². The van der Waals surface area contributed by atoms with Crippen molar-refractivity contribution in [1.29, 1.82) is 0 Å². The van der Waals surface area contributed by atoms with Gasteiger partial charge in [0.1, 0.15) is 5.66 Å². The van der Waals surface area contributed by atoms with Gasteiger partial charge in [-0.2, -0.15) is 0 Å². The van der Waals surface area contributed by atoms with Crippen molar-refractivity contribution in [2.45, 2.75) is 31.8 Å². The van der Waals surface area contributed by atoms with Gasteiger partial charge in [-0.05, 0) is 6.42 Å². The second-order valence-electron chi connectivity index (χ2n) is 5.33. The van der Waals surface area contributed by atoms with Crippen LogP contribution in [0.1, 0.15) is 26.2 Å². The van der Waals surface area contributed by atoms with Crippen LogP contribution in [0.15, 0.2) is 60.7 Å². The van der Waals surface area contributed by atoms with Crippen molar-refractivity contribution in [2.75, 3.05) is 0 Å². The monoisotopic (exact) mass is 316 g/mol. The van der Waals surface area contributed by atoms with E-state index in [1.54, 1.807) is 24.3 Å². The number of carboxylic acids is 1. The first-order valence-corrected chi connectivity index (χ1v) is 9.32. The molecule has 0 saturated carbocycles. The molecule has 22 heavy (non-hydrogen) atoms. The van der Waals surface area contributed by atoms with E-state index in [1.807, 2.05) is 43.3 Å². The highest BCUT2D eigenvalue weighted by Crippen LogP contribution is 2.50. The zero-order valence-corrected chi connectivity index (χ0v) is 13.6. The van der Waals surface area contributed by atoms with Crippen molar-refractivity contribution in [3.63, 3.8) is 0 Å². The van der Waals surface area contributed by atoms with Gasteiger partial charge in [-0.15, -0.1) is 0 Å². The molecule has 2 aromatic carbocycles. The summed E-state index contributed by atoms with van der Waals surface area (Å²) in [5, 5.41) is 10.9. The van der Waals surface area contributed by atoms with Crippen LogP contribution in [0.3, 0.4) is 0 Å². The third-order valence-corrected chi connectivity index (χ3v) is 7.32. The molecule has 0 bridgehead atoms. The Labute approximate surface area is 131 Å². The molecule has 2 aromatic rings. The number of rotatable bonds is 7. The Morgan fingerprint density at radius 2 is 1.45 bits per heavy atom. The molecule has 0 fully saturated rings. The number of carbonyl (C=O) groups is 1. The average Bonchev–Trinajstić information content (AvgIpc) is 2.56. The van der Waals surface area contributed by atoms with Gasteiger partial charge in [0.25, 0.3) is 0 Å². The van der Waals surface area contributed by atoms with Crippen LogP contribution in [0.4, 0.5) is 0 Å². The molecule has 2 rings (SSSR count). The standard InChI is InChI=1S/C18H21O3P/c1-2-3-14-17(18(19)20)22(21,15-10-6-4-7-11-15)16-12-8-5-9-13-16/h4-13,17H,2-3,14H2,1H3,(H,19,20). The van der Waals surface area contributed by atoms with Crippen molar-refractivity contribution in [2.24, 2.45) is 0 Å². The minimum atomic E-state index is -3.22. The summed E-state index contributed by atoms with van der Waals surface area (Å²) < 4.78 is 13.9. The van der Waals surface area contributed by atoms with Gasteiger partial charge >= 0.3 is 5.97 Å². The molecular weight excluding hydrogens is 295 g/mol. The lowest BCUT2D eigenvalue weighted by Gasteiger charge is -2.25. The smallest absolute Gasteiger partial charge is 0.314 e. The summed E-state index contributed by atoms with van der Waals surface area (Å²) >= 11 is 0. The van der Waals surface area contributed by atoms with Gasteiger partial charge in [0.15, 0.2) is 7.14 Å². The highest BCUT2D eigenvalue weighted by molar-refractivity contribution is 7.80. The predicted molar refractivity (Wildman–Crippen MR) is 90.7 cm³/mol. The highest BCUT2D eigenvalue weighted by atomic mass is 31.2. The van der Waals surface area contributed by atoms with Gasteiger partial charge in [-0.3, -0.25) is 4.79 Å². The number of unbranched alkanes of at least 4 members (excludes halogenated alkanes) is 1. The fourth-order valence-corrected chi connectivity index (χ4v) is 5.77. The van der Waals surface area contributed by atoms with Gasteiger partial charge in [0, 0.05) is 10.6 Å². The zero-order chi connectivity index (χ0) is 16.0. The fraction of sp³-hybridized carbons (Fsp3) is 0.278. The summed E-state index contributed by atoms with van der Waals surface area (Å²) in [6.45, 7) is 2.01. The Hall–Kier alpha value is -1.86. The molecule has 0 saturated heterocycles. The molecule has 1 atom stereocenters. The van der Waals surface area contributed by atoms with Crippen molar-refractivity contribution in [3.05, 3.63) is 60.7 Å². The van der Waals surface area contributed by atoms with Gasteiger partial charge in [0.2, 0.25) is 0 Å². The maximum Gasteiger partial charge on any atom is 0.314 e. The minimum absolute atomic E-state index is 0.424. The highest BCUT2D eigenvalue weighted by Gasteiger charge is 2.40. The number of hydrogen-bond acceptors (Lipinski definition) is 2. The van der Waals surface area contributed by atoms with Crippen LogP contribution >= 0.6 is 7.14 Å². The van der Waals surface area contributed by atoms with E-state index in [9.17, 15) is 14.5 Å². The quantitative estimate of drug-likeness (QED) is 0.793. The normalized spacial score (nSPS) is 12.8. The molecule has 116 valence electrons. The Kier molecular flexibility index (Phi) is 5.57. The minimum Gasteiger partial charge on any atom is -0.481 e. The van der Waals surface area contributed by atoms with Crippen LogP contribution in [-0.2, 0) is 9.36 Å². The molecule has 1 unspecified atom stereocenters. The lowest BCUT2D eigenvalue weighted by atomic mass is 10.2. The Balaban J connectivity index is 2.59. The summed E-state index contributed by atoms with van der Waals surface area (Å²) in [6.07, 6.45) is 2.06. The summed E-state index contributed by atoms with van der Waals surface area (Å²) in [5.41, 5.74) is -0.878. The predicted octanol–water partition coefficient (Wildman–Crippen LogP) is 3.64. The topological polar surface area (TPSA) is 54.4 Å². The number of aliphatic carboxylic acids is 1. The molecule has 0 amide bonds. The summed E-state index contributed by atoms with van der Waals surface area (Å²) in [5.74, 6) is -0.982. The first kappa shape index (κ1) is 16.5. The lowest BCUT2D eigenvalue weighted by Crippen LogP contribution is -2.31. The average molecular weight is 316 g/mol. The van der Waals surface area contributed by atoms with Crippen LogP contribution in [0.5, 0.6) is 0 Å². The van der Waals surface area contributed by atoms with E-state index in [4.69, 9.17) is 0 Å². The van der Waals surface area contributed by atoms with Gasteiger partial charge in [-0.1, -0.05) is 80.4 Å². The molecule has 0 aromatic heterocycles. The molecule has 0 heterocycles. The van der Waals surface area contributed by atoms with Crippen molar-refractivity contribution in [1.82, 2.24) is 0 Å². The second-order valence-corrected chi connectivity index (χ2v) is 8.30. The van der Waals surface area contributed by atoms with E-state index in [-0.39, 0.29) is 0 Å². The molecule has 0 radical (unpaired) electrons. The number of benzene rings is 2. The van der Waals surface area contributed by atoms with E-state index >= 15 is 0 Å². The number of hydrogen-bond donors (Lipinski definition) is 1. The lowest BCUT2D eigenvalue weighted by molar-refractivity contribution is -0.136.